The Bertz CT molecular complexity index is 747. The lowest BCUT2D eigenvalue weighted by atomic mass is 9.94. The van der Waals surface area contributed by atoms with Gasteiger partial charge in [0.1, 0.15) is 6.61 Å². The van der Waals surface area contributed by atoms with E-state index in [-0.39, 0.29) is 24.5 Å². The van der Waals surface area contributed by atoms with Crippen LogP contribution in [0.25, 0.3) is 11.1 Å². The van der Waals surface area contributed by atoms with Gasteiger partial charge >= 0.3 is 6.09 Å². The average molecular weight is 352 g/mol. The molecule has 0 unspecified atom stereocenters. The first-order valence-electron chi connectivity index (χ1n) is 9.21. The second-order valence-electron chi connectivity index (χ2n) is 7.01. The molecule has 26 heavy (non-hydrogen) atoms. The lowest BCUT2D eigenvalue weighted by Gasteiger charge is -2.31. The highest BCUT2D eigenvalue weighted by Crippen LogP contribution is 2.44. The summed E-state index contributed by atoms with van der Waals surface area (Å²) in [6.07, 6.45) is 0.434. The van der Waals surface area contributed by atoms with Crippen LogP contribution in [0.5, 0.6) is 0 Å². The Hall–Kier alpha value is -2.37. The van der Waals surface area contributed by atoms with E-state index in [0.29, 0.717) is 13.2 Å². The molecule has 3 N–H and O–H groups in total. The summed E-state index contributed by atoms with van der Waals surface area (Å²) in [7, 11) is 0. The lowest BCUT2D eigenvalue weighted by molar-refractivity contribution is 0.119. The van der Waals surface area contributed by atoms with E-state index in [0.717, 1.165) is 13.0 Å². The predicted octanol–water partition coefficient (Wildman–Crippen LogP) is 2.50. The van der Waals surface area contributed by atoms with Gasteiger partial charge in [0.15, 0.2) is 0 Å². The van der Waals surface area contributed by atoms with Gasteiger partial charge in [-0.05, 0) is 35.2 Å². The minimum absolute atomic E-state index is 0.0614. The molecule has 136 valence electrons. The van der Waals surface area contributed by atoms with Crippen LogP contribution in [0.15, 0.2) is 48.5 Å². The van der Waals surface area contributed by atoms with Crippen LogP contribution < -0.4 is 10.6 Å². The second kappa shape index (κ2) is 7.48. The largest absolute Gasteiger partial charge is 0.449 e. The van der Waals surface area contributed by atoms with Crippen LogP contribution in [0.3, 0.4) is 0 Å². The molecule has 1 amide bonds. The van der Waals surface area contributed by atoms with Crippen LogP contribution in [-0.2, 0) is 4.74 Å². The van der Waals surface area contributed by atoms with Crippen molar-refractivity contribution in [1.29, 1.82) is 0 Å². The Kier molecular flexibility index (Phi) is 4.91. The van der Waals surface area contributed by atoms with Crippen molar-refractivity contribution in [3.05, 3.63) is 59.7 Å². The molecule has 2 atom stereocenters. The third kappa shape index (κ3) is 3.20. The summed E-state index contributed by atoms with van der Waals surface area (Å²) in [5.41, 5.74) is 4.84. The molecule has 1 fully saturated rings. The summed E-state index contributed by atoms with van der Waals surface area (Å²) in [6.45, 7) is 1.92. The average Bonchev–Trinajstić information content (AvgIpc) is 3.01. The highest BCUT2D eigenvalue weighted by Gasteiger charge is 2.30. The molecule has 1 heterocycles. The van der Waals surface area contributed by atoms with Gasteiger partial charge in [0.25, 0.3) is 0 Å². The number of benzene rings is 2. The fourth-order valence-electron chi connectivity index (χ4n) is 4.09. The molecular formula is C21H24N2O3. The summed E-state index contributed by atoms with van der Waals surface area (Å²) >= 11 is 0. The SMILES string of the molecule is O=C(N[C@H]1CNCC[C@H]1CO)OCC1c2ccccc2-c2ccccc21. The first kappa shape index (κ1) is 17.1. The molecule has 1 saturated heterocycles. The Labute approximate surface area is 153 Å². The Morgan fingerprint density at radius 2 is 1.77 bits per heavy atom. The van der Waals surface area contributed by atoms with Gasteiger partial charge in [-0.25, -0.2) is 4.79 Å². The van der Waals surface area contributed by atoms with Crippen LogP contribution in [0.2, 0.25) is 0 Å². The molecule has 0 saturated carbocycles. The maximum Gasteiger partial charge on any atom is 0.407 e. The van der Waals surface area contributed by atoms with E-state index in [1.165, 1.54) is 22.3 Å². The van der Waals surface area contributed by atoms with Gasteiger partial charge < -0.3 is 20.5 Å². The molecule has 0 spiro atoms. The van der Waals surface area contributed by atoms with Gasteiger partial charge in [-0.2, -0.15) is 0 Å². The zero-order chi connectivity index (χ0) is 17.9. The molecule has 1 aliphatic heterocycles. The van der Waals surface area contributed by atoms with E-state index >= 15 is 0 Å². The van der Waals surface area contributed by atoms with Gasteiger partial charge in [-0.3, -0.25) is 0 Å². The quantitative estimate of drug-likeness (QED) is 0.791. The van der Waals surface area contributed by atoms with Crippen molar-refractivity contribution in [1.82, 2.24) is 10.6 Å². The first-order chi connectivity index (χ1) is 12.8. The Morgan fingerprint density at radius 3 is 2.42 bits per heavy atom. The number of amides is 1. The number of hydrogen-bond acceptors (Lipinski definition) is 4. The molecule has 1 aliphatic carbocycles. The van der Waals surface area contributed by atoms with Gasteiger partial charge in [0.05, 0.1) is 0 Å². The summed E-state index contributed by atoms with van der Waals surface area (Å²) in [5, 5.41) is 15.6. The molecular weight excluding hydrogens is 328 g/mol. The van der Waals surface area contributed by atoms with Crippen molar-refractivity contribution >= 4 is 6.09 Å². The second-order valence-corrected chi connectivity index (χ2v) is 7.01. The summed E-state index contributed by atoms with van der Waals surface area (Å²) in [4.78, 5) is 12.3. The van der Waals surface area contributed by atoms with Crippen LogP contribution >= 0.6 is 0 Å². The number of aliphatic hydroxyl groups is 1. The van der Waals surface area contributed by atoms with Crippen molar-refractivity contribution in [3.8, 4) is 11.1 Å². The fraction of sp³-hybridized carbons (Fsp3) is 0.381. The number of alkyl carbamates (subject to hydrolysis) is 1. The van der Waals surface area contributed by atoms with Gasteiger partial charge in [-0.15, -0.1) is 0 Å². The Balaban J connectivity index is 1.44. The fourth-order valence-corrected chi connectivity index (χ4v) is 4.09. The molecule has 0 aromatic heterocycles. The molecule has 4 rings (SSSR count). The van der Waals surface area contributed by atoms with Gasteiger partial charge in [0.2, 0.25) is 0 Å². The van der Waals surface area contributed by atoms with Crippen LogP contribution in [-0.4, -0.2) is 43.5 Å². The molecule has 5 heteroatoms. The molecule has 0 radical (unpaired) electrons. The number of carbonyl (C=O) groups is 1. The van der Waals surface area contributed by atoms with Crippen LogP contribution in [0.1, 0.15) is 23.5 Å². The minimum Gasteiger partial charge on any atom is -0.449 e. The third-order valence-corrected chi connectivity index (χ3v) is 5.51. The smallest absolute Gasteiger partial charge is 0.407 e. The molecule has 2 aromatic carbocycles. The normalized spacial score (nSPS) is 21.7. The number of nitrogens with one attached hydrogen (secondary N) is 2. The van der Waals surface area contributed by atoms with E-state index in [1.54, 1.807) is 0 Å². The minimum atomic E-state index is -0.418. The summed E-state index contributed by atoms with van der Waals surface area (Å²) < 4.78 is 5.58. The topological polar surface area (TPSA) is 70.6 Å². The molecule has 5 nitrogen and oxygen atoms in total. The summed E-state index contributed by atoms with van der Waals surface area (Å²) in [6, 6.07) is 16.5. The monoisotopic (exact) mass is 352 g/mol. The number of aliphatic hydroxyl groups excluding tert-OH is 1. The zero-order valence-corrected chi connectivity index (χ0v) is 14.7. The number of fused-ring (bicyclic) bond motifs is 3. The van der Waals surface area contributed by atoms with Gasteiger partial charge in [-0.1, -0.05) is 48.5 Å². The molecule has 2 aliphatic rings. The van der Waals surface area contributed by atoms with E-state index in [9.17, 15) is 9.90 Å². The Morgan fingerprint density at radius 1 is 1.12 bits per heavy atom. The van der Waals surface area contributed by atoms with Crippen molar-refractivity contribution in [2.24, 2.45) is 5.92 Å². The maximum atomic E-state index is 12.3. The van der Waals surface area contributed by atoms with E-state index in [1.807, 2.05) is 24.3 Å². The van der Waals surface area contributed by atoms with Crippen molar-refractivity contribution in [2.45, 2.75) is 18.4 Å². The van der Waals surface area contributed by atoms with E-state index in [4.69, 9.17) is 4.74 Å². The van der Waals surface area contributed by atoms with Crippen molar-refractivity contribution in [2.75, 3.05) is 26.3 Å². The number of rotatable bonds is 4. The van der Waals surface area contributed by atoms with Crippen molar-refractivity contribution in [3.63, 3.8) is 0 Å². The molecule has 0 bridgehead atoms. The van der Waals surface area contributed by atoms with E-state index < -0.39 is 6.09 Å². The van der Waals surface area contributed by atoms with E-state index in [2.05, 4.69) is 34.9 Å². The van der Waals surface area contributed by atoms with Crippen LogP contribution in [0.4, 0.5) is 4.79 Å². The first-order valence-corrected chi connectivity index (χ1v) is 9.21. The predicted molar refractivity (Wildman–Crippen MR) is 100 cm³/mol. The third-order valence-electron chi connectivity index (χ3n) is 5.51. The number of carbonyl (C=O) groups excluding carboxylic acids is 1. The number of ether oxygens (including phenoxy) is 1. The highest BCUT2D eigenvalue weighted by atomic mass is 16.5. The molecule has 2 aromatic rings. The zero-order valence-electron chi connectivity index (χ0n) is 14.7. The van der Waals surface area contributed by atoms with Crippen molar-refractivity contribution < 1.29 is 14.6 Å². The maximum absolute atomic E-state index is 12.3. The summed E-state index contributed by atoms with van der Waals surface area (Å²) in [5.74, 6) is 0.142. The van der Waals surface area contributed by atoms with Crippen LogP contribution in [0, 0.1) is 5.92 Å². The highest BCUT2D eigenvalue weighted by molar-refractivity contribution is 5.79. The number of hydrogen-bond donors (Lipinski definition) is 3. The van der Waals surface area contributed by atoms with Gasteiger partial charge in [0, 0.05) is 31.0 Å². The standard InChI is InChI=1S/C21H24N2O3/c24-12-14-9-10-22-11-20(14)23-21(25)26-13-19-17-7-3-1-5-15(17)16-6-2-4-8-18(16)19/h1-8,14,19-20,22,24H,9-13H2,(H,23,25)/t14-,20-/m0/s1. The lowest BCUT2D eigenvalue weighted by Crippen LogP contribution is -2.52. The number of piperidine rings is 1.